The third-order valence-corrected chi connectivity index (χ3v) is 3.49. The fourth-order valence-corrected chi connectivity index (χ4v) is 2.56. The fourth-order valence-electron chi connectivity index (χ4n) is 2.56. The van der Waals surface area contributed by atoms with Gasteiger partial charge in [0.25, 0.3) is 0 Å². The molecule has 2 N–H and O–H groups in total. The van der Waals surface area contributed by atoms with E-state index in [9.17, 15) is 4.39 Å². The number of fused-ring (bicyclic) bond motifs is 1. The van der Waals surface area contributed by atoms with Crippen LogP contribution in [0.4, 0.5) is 4.39 Å². The van der Waals surface area contributed by atoms with E-state index in [4.69, 9.17) is 4.84 Å². The lowest BCUT2D eigenvalue weighted by atomic mass is 9.84. The minimum Gasteiger partial charge on any atom is -0.405 e. The predicted octanol–water partition coefficient (Wildman–Crippen LogP) is 1.71. The predicted molar refractivity (Wildman–Crippen MR) is 58.6 cm³/mol. The lowest BCUT2D eigenvalue weighted by Gasteiger charge is -2.32. The number of piperidine rings is 1. The number of benzene rings is 1. The van der Waals surface area contributed by atoms with E-state index in [1.54, 1.807) is 12.1 Å². The largest absolute Gasteiger partial charge is 0.405 e. The van der Waals surface area contributed by atoms with Crippen molar-refractivity contribution in [3.8, 4) is 5.75 Å². The smallest absolute Gasteiger partial charge is 0.224 e. The molecule has 1 aromatic rings. The third-order valence-electron chi connectivity index (χ3n) is 3.49. The number of nitrogens with one attached hydrogen (secondary N) is 2. The number of hydrogen-bond acceptors (Lipinski definition) is 3. The monoisotopic (exact) mass is 222 g/mol. The molecule has 2 heterocycles. The van der Waals surface area contributed by atoms with Crippen molar-refractivity contribution in [1.82, 2.24) is 10.8 Å². The summed E-state index contributed by atoms with van der Waals surface area (Å²) in [5.41, 5.74) is 3.21. The van der Waals surface area contributed by atoms with Crippen LogP contribution in [0.3, 0.4) is 0 Å². The summed E-state index contributed by atoms with van der Waals surface area (Å²) in [6.45, 7) is 1.75. The normalized spacial score (nSPS) is 29.8. The second-order valence-electron chi connectivity index (χ2n) is 4.44. The zero-order chi connectivity index (χ0) is 11.0. The van der Waals surface area contributed by atoms with Crippen molar-refractivity contribution in [1.29, 1.82) is 0 Å². The maximum absolute atomic E-state index is 14.9. The van der Waals surface area contributed by atoms with Crippen LogP contribution in [-0.2, 0) is 5.79 Å². The molecule has 2 aliphatic heterocycles. The van der Waals surface area contributed by atoms with Crippen LogP contribution in [0, 0.1) is 5.92 Å². The van der Waals surface area contributed by atoms with Crippen molar-refractivity contribution in [3.63, 3.8) is 0 Å². The molecule has 0 spiro atoms. The molecule has 0 radical (unpaired) electrons. The lowest BCUT2D eigenvalue weighted by Crippen LogP contribution is -2.46. The first-order valence-electron chi connectivity index (χ1n) is 5.74. The highest BCUT2D eigenvalue weighted by Crippen LogP contribution is 2.44. The van der Waals surface area contributed by atoms with E-state index < -0.39 is 5.79 Å². The Morgan fingerprint density at radius 3 is 2.81 bits per heavy atom. The molecular formula is C12H15FN2O. The fraction of sp³-hybridized carbons (Fsp3) is 0.500. The van der Waals surface area contributed by atoms with Gasteiger partial charge in [0.1, 0.15) is 0 Å². The number of hydroxylamine groups is 1. The van der Waals surface area contributed by atoms with Gasteiger partial charge in [-0.05, 0) is 32.0 Å². The van der Waals surface area contributed by atoms with Gasteiger partial charge in [0.2, 0.25) is 5.79 Å². The number of rotatable bonds is 1. The van der Waals surface area contributed by atoms with Crippen LogP contribution in [0.15, 0.2) is 24.3 Å². The summed E-state index contributed by atoms with van der Waals surface area (Å²) in [5, 5.41) is 3.24. The Labute approximate surface area is 93.9 Å². The van der Waals surface area contributed by atoms with Gasteiger partial charge in [-0.25, -0.2) is 4.39 Å². The van der Waals surface area contributed by atoms with Crippen LogP contribution < -0.4 is 15.6 Å². The highest BCUT2D eigenvalue weighted by molar-refractivity contribution is 5.40. The molecule has 1 fully saturated rings. The van der Waals surface area contributed by atoms with Gasteiger partial charge in [-0.1, -0.05) is 18.2 Å². The zero-order valence-electron chi connectivity index (χ0n) is 9.00. The summed E-state index contributed by atoms with van der Waals surface area (Å²) < 4.78 is 14.9. The Kier molecular flexibility index (Phi) is 2.33. The summed E-state index contributed by atoms with van der Waals surface area (Å²) in [4.78, 5) is 5.22. The number of para-hydroxylation sites is 1. The van der Waals surface area contributed by atoms with Crippen LogP contribution in [0.1, 0.15) is 18.4 Å². The summed E-state index contributed by atoms with van der Waals surface area (Å²) in [6.07, 6.45) is 1.67. The van der Waals surface area contributed by atoms with Crippen molar-refractivity contribution in [2.24, 2.45) is 5.92 Å². The van der Waals surface area contributed by atoms with Gasteiger partial charge in [-0.2, -0.15) is 0 Å². The average molecular weight is 222 g/mol. The topological polar surface area (TPSA) is 33.3 Å². The quantitative estimate of drug-likeness (QED) is 0.710. The van der Waals surface area contributed by atoms with Crippen molar-refractivity contribution < 1.29 is 9.23 Å². The van der Waals surface area contributed by atoms with Gasteiger partial charge < -0.3 is 10.2 Å². The summed E-state index contributed by atoms with van der Waals surface area (Å²) in [7, 11) is 0. The highest BCUT2D eigenvalue weighted by atomic mass is 19.1. The third kappa shape index (κ3) is 1.41. The minimum atomic E-state index is -1.52. The molecule has 1 unspecified atom stereocenters. The van der Waals surface area contributed by atoms with E-state index in [2.05, 4.69) is 10.8 Å². The molecule has 3 rings (SSSR count). The Hall–Kier alpha value is -1.13. The van der Waals surface area contributed by atoms with Gasteiger partial charge in [-0.3, -0.25) is 0 Å². The number of hydrogen-bond donors (Lipinski definition) is 2. The molecule has 1 atom stereocenters. The maximum atomic E-state index is 14.9. The molecule has 86 valence electrons. The molecule has 0 saturated carbocycles. The Balaban J connectivity index is 1.94. The summed E-state index contributed by atoms with van der Waals surface area (Å²) in [5.74, 6) is -0.917. The molecular weight excluding hydrogens is 207 g/mol. The number of alkyl halides is 1. The molecule has 16 heavy (non-hydrogen) atoms. The molecule has 1 saturated heterocycles. The molecule has 0 bridgehead atoms. The van der Waals surface area contributed by atoms with Crippen molar-refractivity contribution >= 4 is 0 Å². The van der Waals surface area contributed by atoms with Crippen LogP contribution in [0.2, 0.25) is 0 Å². The molecule has 3 nitrogen and oxygen atoms in total. The second-order valence-corrected chi connectivity index (χ2v) is 4.44. The van der Waals surface area contributed by atoms with Crippen LogP contribution >= 0.6 is 0 Å². The zero-order valence-corrected chi connectivity index (χ0v) is 9.00. The van der Waals surface area contributed by atoms with Crippen molar-refractivity contribution in [2.75, 3.05) is 13.1 Å². The van der Waals surface area contributed by atoms with E-state index in [-0.39, 0.29) is 5.92 Å². The minimum absolute atomic E-state index is 0.0163. The van der Waals surface area contributed by atoms with E-state index >= 15 is 0 Å². The van der Waals surface area contributed by atoms with E-state index in [1.807, 2.05) is 12.1 Å². The Morgan fingerprint density at radius 1 is 1.25 bits per heavy atom. The highest BCUT2D eigenvalue weighted by Gasteiger charge is 2.47. The van der Waals surface area contributed by atoms with Gasteiger partial charge in [0.15, 0.2) is 5.75 Å². The van der Waals surface area contributed by atoms with E-state index in [1.165, 1.54) is 0 Å². The van der Waals surface area contributed by atoms with Crippen LogP contribution in [0.25, 0.3) is 0 Å². The average Bonchev–Trinajstić information content (AvgIpc) is 2.71. The standard InChI is InChI=1S/C12H15FN2O/c13-12(9-5-7-14-8-6-9)10-3-1-2-4-11(10)16-15-12/h1-4,9,14-15H,5-8H2. The second kappa shape index (κ2) is 3.71. The van der Waals surface area contributed by atoms with Gasteiger partial charge in [0, 0.05) is 5.92 Å². The SMILES string of the molecule is FC1(C2CCNCC2)NOc2ccccc21. The molecule has 0 amide bonds. The van der Waals surface area contributed by atoms with Gasteiger partial charge in [0.05, 0.1) is 5.56 Å². The first-order chi connectivity index (χ1) is 7.81. The van der Waals surface area contributed by atoms with Crippen LogP contribution in [-0.4, -0.2) is 13.1 Å². The van der Waals surface area contributed by atoms with Gasteiger partial charge in [-0.15, -0.1) is 5.48 Å². The van der Waals surface area contributed by atoms with Gasteiger partial charge >= 0.3 is 0 Å². The Morgan fingerprint density at radius 2 is 2.00 bits per heavy atom. The Bertz CT molecular complexity index is 392. The molecule has 4 heteroatoms. The first-order valence-corrected chi connectivity index (χ1v) is 5.74. The van der Waals surface area contributed by atoms with E-state index in [0.29, 0.717) is 11.3 Å². The van der Waals surface area contributed by atoms with E-state index in [0.717, 1.165) is 25.9 Å². The van der Waals surface area contributed by atoms with Crippen LogP contribution in [0.5, 0.6) is 5.75 Å². The van der Waals surface area contributed by atoms with Crippen molar-refractivity contribution in [2.45, 2.75) is 18.6 Å². The summed E-state index contributed by atoms with van der Waals surface area (Å²) in [6, 6.07) is 7.31. The maximum Gasteiger partial charge on any atom is 0.224 e. The number of halogens is 1. The van der Waals surface area contributed by atoms with Crippen molar-refractivity contribution in [3.05, 3.63) is 29.8 Å². The molecule has 1 aromatic carbocycles. The lowest BCUT2D eigenvalue weighted by molar-refractivity contribution is -0.0391. The molecule has 2 aliphatic rings. The molecule has 0 aliphatic carbocycles. The first kappa shape index (κ1) is 10.1. The summed E-state index contributed by atoms with van der Waals surface area (Å²) >= 11 is 0. The molecule has 0 aromatic heterocycles.